The van der Waals surface area contributed by atoms with E-state index < -0.39 is 11.7 Å². The zero-order valence-corrected chi connectivity index (χ0v) is 16.4. The monoisotopic (exact) mass is 404 g/mol. The molecule has 154 valence electrons. The van der Waals surface area contributed by atoms with Crippen LogP contribution < -0.4 is 14.5 Å². The lowest BCUT2D eigenvalue weighted by atomic mass is 10.0. The van der Waals surface area contributed by atoms with Crippen LogP contribution in [0.2, 0.25) is 0 Å². The number of ether oxygens (including phenoxy) is 1. The molecule has 3 rings (SSSR count). The largest absolute Gasteiger partial charge is 0.495 e. The van der Waals surface area contributed by atoms with Crippen molar-refractivity contribution < 1.29 is 17.9 Å². The molecule has 0 spiro atoms. The number of alkyl halides is 3. The standard InChI is InChI=1S/C21H23F3N4O/c1-3-28(16-7-6-15(11-25)20(10-16)21(22,23)24)17-5-4-8-27(14-17)18-9-19(29-2)13-26-12-18/h6-7,9-10,12-13,17H,3-5,8,14H2,1-2H3/t17-/m0/s1. The molecule has 1 fully saturated rings. The summed E-state index contributed by atoms with van der Waals surface area (Å²) in [5, 5.41) is 9.03. The van der Waals surface area contributed by atoms with Gasteiger partial charge in [-0.05, 0) is 38.0 Å². The lowest BCUT2D eigenvalue weighted by Gasteiger charge is -2.41. The number of hydrogen-bond donors (Lipinski definition) is 0. The van der Waals surface area contributed by atoms with Crippen molar-refractivity contribution in [3.05, 3.63) is 47.8 Å². The molecule has 2 heterocycles. The maximum atomic E-state index is 13.4. The Morgan fingerprint density at radius 3 is 2.76 bits per heavy atom. The van der Waals surface area contributed by atoms with Gasteiger partial charge in [0.15, 0.2) is 0 Å². The fourth-order valence-corrected chi connectivity index (χ4v) is 3.83. The Hall–Kier alpha value is -2.95. The van der Waals surface area contributed by atoms with Crippen LogP contribution in [0.5, 0.6) is 5.75 Å². The third-order valence-corrected chi connectivity index (χ3v) is 5.24. The Kier molecular flexibility index (Phi) is 6.16. The smallest absolute Gasteiger partial charge is 0.417 e. The van der Waals surface area contributed by atoms with E-state index in [1.165, 1.54) is 6.07 Å². The summed E-state index contributed by atoms with van der Waals surface area (Å²) in [6.45, 7) is 4.02. The van der Waals surface area contributed by atoms with Gasteiger partial charge in [-0.3, -0.25) is 4.98 Å². The van der Waals surface area contributed by atoms with E-state index in [2.05, 4.69) is 9.88 Å². The van der Waals surface area contributed by atoms with Crippen LogP contribution in [0.4, 0.5) is 24.5 Å². The highest BCUT2D eigenvalue weighted by Crippen LogP contribution is 2.35. The summed E-state index contributed by atoms with van der Waals surface area (Å²) in [6.07, 6.45) is 0.637. The first-order valence-electron chi connectivity index (χ1n) is 9.49. The zero-order valence-electron chi connectivity index (χ0n) is 16.4. The molecule has 5 nitrogen and oxygen atoms in total. The number of hydrogen-bond acceptors (Lipinski definition) is 5. The summed E-state index contributed by atoms with van der Waals surface area (Å²) in [6, 6.07) is 7.55. The molecule has 1 atom stereocenters. The number of aromatic nitrogens is 1. The van der Waals surface area contributed by atoms with E-state index >= 15 is 0 Å². The van der Waals surface area contributed by atoms with Gasteiger partial charge < -0.3 is 14.5 Å². The molecule has 0 saturated carbocycles. The topological polar surface area (TPSA) is 52.4 Å². The van der Waals surface area contributed by atoms with Gasteiger partial charge in [0.2, 0.25) is 0 Å². The second kappa shape index (κ2) is 8.60. The van der Waals surface area contributed by atoms with Crippen LogP contribution in [0.3, 0.4) is 0 Å². The SMILES string of the molecule is CCN(c1ccc(C#N)c(C(F)(F)F)c1)[C@H]1CCCN(c2cncc(OC)c2)C1. The highest BCUT2D eigenvalue weighted by Gasteiger charge is 2.35. The van der Waals surface area contributed by atoms with E-state index in [9.17, 15) is 13.2 Å². The Morgan fingerprint density at radius 2 is 2.10 bits per heavy atom. The van der Waals surface area contributed by atoms with E-state index in [0.29, 0.717) is 24.5 Å². The molecule has 0 aliphatic carbocycles. The Bertz CT molecular complexity index is 894. The molecule has 2 aromatic rings. The molecule has 1 aromatic carbocycles. The normalized spacial score (nSPS) is 17.0. The molecular formula is C21H23F3N4O. The number of rotatable bonds is 5. The van der Waals surface area contributed by atoms with Crippen molar-refractivity contribution in [3.63, 3.8) is 0 Å². The Labute approximate surface area is 168 Å². The summed E-state index contributed by atoms with van der Waals surface area (Å²) in [7, 11) is 1.59. The molecule has 1 aliphatic heterocycles. The van der Waals surface area contributed by atoms with Crippen LogP contribution in [0.1, 0.15) is 30.9 Å². The summed E-state index contributed by atoms with van der Waals surface area (Å²) >= 11 is 0. The predicted molar refractivity (Wildman–Crippen MR) is 105 cm³/mol. The summed E-state index contributed by atoms with van der Waals surface area (Å²) in [5.41, 5.74) is 0.168. The van der Waals surface area contributed by atoms with Gasteiger partial charge in [-0.2, -0.15) is 18.4 Å². The van der Waals surface area contributed by atoms with E-state index in [1.54, 1.807) is 31.6 Å². The van der Waals surface area contributed by atoms with Crippen LogP contribution in [-0.4, -0.2) is 37.8 Å². The van der Waals surface area contributed by atoms with E-state index in [4.69, 9.17) is 10.00 Å². The number of likely N-dealkylation sites (N-methyl/N-ethyl adjacent to an activating group) is 1. The fraction of sp³-hybridized carbons (Fsp3) is 0.429. The van der Waals surface area contributed by atoms with Crippen molar-refractivity contribution in [2.75, 3.05) is 36.5 Å². The maximum absolute atomic E-state index is 13.4. The molecule has 0 radical (unpaired) electrons. The third-order valence-electron chi connectivity index (χ3n) is 5.24. The Balaban J connectivity index is 1.87. The van der Waals surface area contributed by atoms with Crippen LogP contribution >= 0.6 is 0 Å². The number of halogens is 3. The zero-order chi connectivity index (χ0) is 21.0. The van der Waals surface area contributed by atoms with Crippen molar-refractivity contribution in [2.45, 2.75) is 32.0 Å². The molecular weight excluding hydrogens is 381 g/mol. The fourth-order valence-electron chi connectivity index (χ4n) is 3.83. The van der Waals surface area contributed by atoms with Gasteiger partial charge in [0.05, 0.1) is 42.4 Å². The van der Waals surface area contributed by atoms with Crippen molar-refractivity contribution in [1.29, 1.82) is 5.26 Å². The van der Waals surface area contributed by atoms with Gasteiger partial charge in [-0.25, -0.2) is 0 Å². The van der Waals surface area contributed by atoms with Gasteiger partial charge in [-0.15, -0.1) is 0 Å². The molecule has 29 heavy (non-hydrogen) atoms. The molecule has 0 bridgehead atoms. The second-order valence-electron chi connectivity index (χ2n) is 6.95. The minimum absolute atomic E-state index is 0.0500. The van der Waals surface area contributed by atoms with Crippen molar-refractivity contribution in [3.8, 4) is 11.8 Å². The van der Waals surface area contributed by atoms with E-state index in [-0.39, 0.29) is 11.6 Å². The highest BCUT2D eigenvalue weighted by atomic mass is 19.4. The van der Waals surface area contributed by atoms with Crippen molar-refractivity contribution in [1.82, 2.24) is 4.98 Å². The number of benzene rings is 1. The van der Waals surface area contributed by atoms with Gasteiger partial charge in [0.25, 0.3) is 0 Å². The molecule has 1 aromatic heterocycles. The van der Waals surface area contributed by atoms with Gasteiger partial charge in [0.1, 0.15) is 5.75 Å². The number of nitriles is 1. The quantitative estimate of drug-likeness (QED) is 0.736. The molecule has 0 amide bonds. The lowest BCUT2D eigenvalue weighted by Crippen LogP contribution is -2.48. The predicted octanol–water partition coefficient (Wildman–Crippen LogP) is 4.48. The minimum atomic E-state index is -4.56. The maximum Gasteiger partial charge on any atom is 0.417 e. The van der Waals surface area contributed by atoms with Gasteiger partial charge in [0, 0.05) is 37.4 Å². The number of nitrogens with zero attached hydrogens (tertiary/aromatic N) is 4. The molecule has 1 aliphatic rings. The number of piperidine rings is 1. The minimum Gasteiger partial charge on any atom is -0.495 e. The number of anilines is 2. The van der Waals surface area contributed by atoms with E-state index in [0.717, 1.165) is 31.1 Å². The van der Waals surface area contributed by atoms with Crippen LogP contribution in [-0.2, 0) is 6.18 Å². The van der Waals surface area contributed by atoms with Crippen LogP contribution in [0, 0.1) is 11.3 Å². The molecule has 8 heteroatoms. The average Bonchev–Trinajstić information content (AvgIpc) is 2.74. The van der Waals surface area contributed by atoms with Gasteiger partial charge >= 0.3 is 6.18 Å². The Morgan fingerprint density at radius 1 is 1.31 bits per heavy atom. The summed E-state index contributed by atoms with van der Waals surface area (Å²) in [5.74, 6) is 0.666. The molecule has 1 saturated heterocycles. The first-order valence-corrected chi connectivity index (χ1v) is 9.49. The van der Waals surface area contributed by atoms with E-state index in [1.807, 2.05) is 17.9 Å². The second-order valence-corrected chi connectivity index (χ2v) is 6.95. The average molecular weight is 404 g/mol. The third kappa shape index (κ3) is 4.56. The van der Waals surface area contributed by atoms with Gasteiger partial charge in [-0.1, -0.05) is 0 Å². The highest BCUT2D eigenvalue weighted by molar-refractivity contribution is 5.56. The number of methoxy groups -OCH3 is 1. The summed E-state index contributed by atoms with van der Waals surface area (Å²) in [4.78, 5) is 8.36. The van der Waals surface area contributed by atoms with Crippen LogP contribution in [0.15, 0.2) is 36.7 Å². The van der Waals surface area contributed by atoms with Crippen molar-refractivity contribution in [2.24, 2.45) is 0 Å². The first-order chi connectivity index (χ1) is 13.9. The van der Waals surface area contributed by atoms with Crippen molar-refractivity contribution >= 4 is 11.4 Å². The lowest BCUT2D eigenvalue weighted by molar-refractivity contribution is -0.137. The van der Waals surface area contributed by atoms with Crippen LogP contribution in [0.25, 0.3) is 0 Å². The molecule has 0 N–H and O–H groups in total. The first kappa shape index (κ1) is 20.8. The number of pyridine rings is 1. The molecule has 0 unspecified atom stereocenters. The summed E-state index contributed by atoms with van der Waals surface area (Å²) < 4.78 is 45.4.